The topological polar surface area (TPSA) is 100 Å². The number of carbonyl (C=O) groups is 1. The molecule has 1 amide bonds. The fourth-order valence-corrected chi connectivity index (χ4v) is 1.93. The summed E-state index contributed by atoms with van der Waals surface area (Å²) in [6.07, 6.45) is 0. The molecule has 0 atom stereocenters. The number of nitrogens with zero attached hydrogens (tertiary/aromatic N) is 2. The van der Waals surface area contributed by atoms with Crippen molar-refractivity contribution in [1.82, 2.24) is 14.8 Å². The van der Waals surface area contributed by atoms with E-state index < -0.39 is 11.6 Å². The van der Waals surface area contributed by atoms with E-state index >= 15 is 0 Å². The molecule has 0 fully saturated rings. The number of anilines is 1. The Morgan fingerprint density at radius 2 is 1.77 bits per heavy atom. The van der Waals surface area contributed by atoms with Gasteiger partial charge in [0.05, 0.1) is 11.4 Å². The first-order chi connectivity index (χ1) is 10.6. The molecule has 22 heavy (non-hydrogen) atoms. The normalized spacial score (nSPS) is 10.4. The van der Waals surface area contributed by atoms with Crippen molar-refractivity contribution in [3.63, 3.8) is 0 Å². The largest absolute Gasteiger partial charge is 0.506 e. The zero-order chi connectivity index (χ0) is 15.5. The minimum Gasteiger partial charge on any atom is -0.506 e. The number of hydrogen-bond donors (Lipinski definition) is 3. The lowest BCUT2D eigenvalue weighted by molar-refractivity contribution is 0.101. The first kappa shape index (κ1) is 13.6. The smallest absolute Gasteiger partial charge is 0.348 e. The van der Waals surface area contributed by atoms with Gasteiger partial charge in [0.25, 0.3) is 5.91 Å². The standard InChI is InChI=1S/C15H12N4O3/c20-12-9-5-4-8-11(12)16-14(21)13-17-15(22)19(18-13)10-6-2-1-3-7-10/h1-9,20H,(H,16,21)(H,17,18,22). The highest BCUT2D eigenvalue weighted by Crippen LogP contribution is 2.21. The van der Waals surface area contributed by atoms with Gasteiger partial charge in [0.15, 0.2) is 0 Å². The highest BCUT2D eigenvalue weighted by molar-refractivity contribution is 6.02. The third kappa shape index (κ3) is 2.59. The minimum absolute atomic E-state index is 0.0688. The Morgan fingerprint density at radius 3 is 2.50 bits per heavy atom. The summed E-state index contributed by atoms with van der Waals surface area (Å²) in [5, 5.41) is 16.1. The quantitative estimate of drug-likeness (QED) is 0.638. The lowest BCUT2D eigenvalue weighted by Crippen LogP contribution is -2.15. The van der Waals surface area contributed by atoms with Crippen LogP contribution in [0.25, 0.3) is 5.69 Å². The van der Waals surface area contributed by atoms with Crippen LogP contribution in [0.2, 0.25) is 0 Å². The summed E-state index contributed by atoms with van der Waals surface area (Å²) in [5.74, 6) is -0.828. The predicted octanol–water partition coefficient (Wildman–Crippen LogP) is 1.52. The number of aromatic amines is 1. The second kappa shape index (κ2) is 5.57. The second-order valence-corrected chi connectivity index (χ2v) is 4.50. The van der Waals surface area contributed by atoms with Crippen LogP contribution in [0, 0.1) is 0 Å². The number of phenols is 1. The molecule has 0 spiro atoms. The summed E-state index contributed by atoms with van der Waals surface area (Å²) in [6.45, 7) is 0. The van der Waals surface area contributed by atoms with E-state index in [4.69, 9.17) is 0 Å². The van der Waals surface area contributed by atoms with Crippen molar-refractivity contribution in [3.05, 3.63) is 70.9 Å². The molecular weight excluding hydrogens is 284 g/mol. The van der Waals surface area contributed by atoms with Gasteiger partial charge in [0, 0.05) is 0 Å². The Morgan fingerprint density at radius 1 is 1.09 bits per heavy atom. The van der Waals surface area contributed by atoms with E-state index in [0.717, 1.165) is 4.68 Å². The van der Waals surface area contributed by atoms with Gasteiger partial charge in [0.2, 0.25) is 5.82 Å². The lowest BCUT2D eigenvalue weighted by Gasteiger charge is -2.04. The van der Waals surface area contributed by atoms with E-state index in [9.17, 15) is 14.7 Å². The Labute approximate surface area is 124 Å². The Hall–Kier alpha value is -3.35. The molecular formula is C15H12N4O3. The van der Waals surface area contributed by atoms with Crippen molar-refractivity contribution in [3.8, 4) is 11.4 Å². The van der Waals surface area contributed by atoms with Crippen LogP contribution in [0.1, 0.15) is 10.6 Å². The number of benzene rings is 2. The first-order valence-corrected chi connectivity index (χ1v) is 6.49. The maximum atomic E-state index is 12.1. The molecule has 2 aromatic carbocycles. The number of aromatic nitrogens is 3. The Kier molecular flexibility index (Phi) is 3.45. The van der Waals surface area contributed by atoms with Gasteiger partial charge in [0.1, 0.15) is 5.75 Å². The van der Waals surface area contributed by atoms with Crippen LogP contribution >= 0.6 is 0 Å². The highest BCUT2D eigenvalue weighted by atomic mass is 16.3. The van der Waals surface area contributed by atoms with Gasteiger partial charge in [-0.1, -0.05) is 30.3 Å². The van der Waals surface area contributed by atoms with Crippen LogP contribution in [-0.2, 0) is 0 Å². The van der Waals surface area contributed by atoms with Gasteiger partial charge in [-0.25, -0.2) is 4.79 Å². The molecule has 3 rings (SSSR count). The summed E-state index contributed by atoms with van der Waals surface area (Å²) >= 11 is 0. The zero-order valence-electron chi connectivity index (χ0n) is 11.4. The van der Waals surface area contributed by atoms with Gasteiger partial charge >= 0.3 is 5.69 Å². The Balaban J connectivity index is 1.89. The second-order valence-electron chi connectivity index (χ2n) is 4.50. The van der Waals surface area contributed by atoms with E-state index in [0.29, 0.717) is 5.69 Å². The average Bonchev–Trinajstić information content (AvgIpc) is 2.92. The number of carbonyl (C=O) groups excluding carboxylic acids is 1. The molecule has 1 heterocycles. The van der Waals surface area contributed by atoms with Crippen molar-refractivity contribution < 1.29 is 9.90 Å². The number of hydrogen-bond acceptors (Lipinski definition) is 4. The van der Waals surface area contributed by atoms with Crippen LogP contribution in [0.5, 0.6) is 5.75 Å². The fourth-order valence-electron chi connectivity index (χ4n) is 1.93. The molecule has 110 valence electrons. The fraction of sp³-hybridized carbons (Fsp3) is 0. The number of para-hydroxylation sites is 3. The monoisotopic (exact) mass is 296 g/mol. The van der Waals surface area contributed by atoms with Crippen LogP contribution in [0.4, 0.5) is 5.69 Å². The third-order valence-corrected chi connectivity index (χ3v) is 2.99. The maximum absolute atomic E-state index is 12.1. The van der Waals surface area contributed by atoms with Crippen LogP contribution < -0.4 is 11.0 Å². The molecule has 1 aromatic heterocycles. The summed E-state index contributed by atoms with van der Waals surface area (Å²) in [7, 11) is 0. The number of nitrogens with one attached hydrogen (secondary N) is 2. The van der Waals surface area contributed by atoms with Crippen molar-refractivity contribution in [2.45, 2.75) is 0 Å². The summed E-state index contributed by atoms with van der Waals surface area (Å²) in [6, 6.07) is 15.0. The van der Waals surface area contributed by atoms with Gasteiger partial charge in [-0.15, -0.1) is 5.10 Å². The van der Waals surface area contributed by atoms with Crippen LogP contribution in [0.3, 0.4) is 0 Å². The van der Waals surface area contributed by atoms with Crippen molar-refractivity contribution >= 4 is 11.6 Å². The summed E-state index contributed by atoms with van der Waals surface area (Å²) < 4.78 is 1.10. The molecule has 3 aromatic rings. The molecule has 7 heteroatoms. The Bertz CT molecular complexity index is 868. The lowest BCUT2D eigenvalue weighted by atomic mass is 10.3. The van der Waals surface area contributed by atoms with Gasteiger partial charge in [-0.3, -0.25) is 9.78 Å². The van der Waals surface area contributed by atoms with Crippen LogP contribution in [0.15, 0.2) is 59.4 Å². The van der Waals surface area contributed by atoms with Crippen LogP contribution in [-0.4, -0.2) is 25.8 Å². The molecule has 3 N–H and O–H groups in total. The molecule has 0 saturated heterocycles. The third-order valence-electron chi connectivity index (χ3n) is 2.99. The van der Waals surface area contributed by atoms with Crippen molar-refractivity contribution in [2.75, 3.05) is 5.32 Å². The number of aromatic hydroxyl groups is 1. The molecule has 7 nitrogen and oxygen atoms in total. The van der Waals surface area contributed by atoms with Gasteiger partial charge in [-0.2, -0.15) is 4.68 Å². The highest BCUT2D eigenvalue weighted by Gasteiger charge is 2.15. The van der Waals surface area contributed by atoms with Crippen molar-refractivity contribution in [1.29, 1.82) is 0 Å². The molecule has 0 unspecified atom stereocenters. The molecule has 0 radical (unpaired) electrons. The SMILES string of the molecule is O=C(Nc1ccccc1O)c1nn(-c2ccccc2)c(=O)[nH]1. The average molecular weight is 296 g/mol. The zero-order valence-corrected chi connectivity index (χ0v) is 11.4. The van der Waals surface area contributed by atoms with Gasteiger partial charge in [-0.05, 0) is 24.3 Å². The maximum Gasteiger partial charge on any atom is 0.348 e. The van der Waals surface area contributed by atoms with Gasteiger partial charge < -0.3 is 10.4 Å². The summed E-state index contributed by atoms with van der Waals surface area (Å²) in [5.41, 5.74) is 0.265. The molecule has 0 aliphatic carbocycles. The number of phenolic OH excluding ortho intramolecular Hbond substituents is 1. The van der Waals surface area contributed by atoms with Crippen molar-refractivity contribution in [2.24, 2.45) is 0 Å². The molecule has 0 aliphatic heterocycles. The summed E-state index contributed by atoms with van der Waals surface area (Å²) in [4.78, 5) is 26.4. The van der Waals surface area contributed by atoms with E-state index in [1.54, 1.807) is 42.5 Å². The van der Waals surface area contributed by atoms with E-state index in [2.05, 4.69) is 15.4 Å². The first-order valence-electron chi connectivity index (χ1n) is 6.49. The molecule has 0 bridgehead atoms. The number of rotatable bonds is 3. The minimum atomic E-state index is -0.617. The molecule has 0 aliphatic rings. The molecule has 0 saturated carbocycles. The van der Waals surface area contributed by atoms with E-state index in [1.807, 2.05) is 6.07 Å². The predicted molar refractivity (Wildman–Crippen MR) is 80.2 cm³/mol. The van der Waals surface area contributed by atoms with E-state index in [1.165, 1.54) is 6.07 Å². The number of H-pyrrole nitrogens is 1. The van der Waals surface area contributed by atoms with E-state index in [-0.39, 0.29) is 17.3 Å². The number of amides is 1.